The second kappa shape index (κ2) is 6.48. The Kier molecular flexibility index (Phi) is 5.26. The van der Waals surface area contributed by atoms with E-state index in [0.29, 0.717) is 6.61 Å². The Morgan fingerprint density at radius 2 is 2.12 bits per heavy atom. The number of nitrogens with one attached hydrogen (secondary N) is 1. The van der Waals surface area contributed by atoms with E-state index >= 15 is 0 Å². The topological polar surface area (TPSA) is 21.3 Å². The van der Waals surface area contributed by atoms with E-state index in [9.17, 15) is 4.39 Å². The van der Waals surface area contributed by atoms with Crippen molar-refractivity contribution in [1.82, 2.24) is 5.32 Å². The van der Waals surface area contributed by atoms with Crippen LogP contribution in [0.25, 0.3) is 0 Å². The zero-order valence-electron chi connectivity index (χ0n) is 10.2. The minimum Gasteiger partial charge on any atom is -0.494 e. The van der Waals surface area contributed by atoms with Crippen molar-refractivity contribution >= 4 is 0 Å². The maximum atomic E-state index is 13.2. The number of benzene rings is 1. The van der Waals surface area contributed by atoms with E-state index in [-0.39, 0.29) is 11.9 Å². The second-order valence-electron chi connectivity index (χ2n) is 3.79. The molecule has 3 heteroatoms. The van der Waals surface area contributed by atoms with Crippen LogP contribution in [0.15, 0.2) is 18.2 Å². The number of hydrogen-bond acceptors (Lipinski definition) is 2. The Hall–Kier alpha value is -1.09. The highest BCUT2D eigenvalue weighted by Gasteiger charge is 2.11. The molecule has 0 radical (unpaired) electrons. The van der Waals surface area contributed by atoms with Gasteiger partial charge in [0.25, 0.3) is 0 Å². The van der Waals surface area contributed by atoms with Crippen molar-refractivity contribution in [2.45, 2.75) is 33.2 Å². The molecule has 0 saturated heterocycles. The third-order valence-electron chi connectivity index (χ3n) is 2.44. The lowest BCUT2D eigenvalue weighted by atomic mass is 10.1. The van der Waals surface area contributed by atoms with Crippen LogP contribution in [-0.2, 0) is 0 Å². The van der Waals surface area contributed by atoms with Gasteiger partial charge in [-0.2, -0.15) is 0 Å². The first-order valence-electron chi connectivity index (χ1n) is 5.84. The lowest BCUT2D eigenvalue weighted by Gasteiger charge is -2.17. The fraction of sp³-hybridized carbons (Fsp3) is 0.538. The first-order chi connectivity index (χ1) is 7.69. The molecule has 90 valence electrons. The summed E-state index contributed by atoms with van der Waals surface area (Å²) >= 11 is 0. The molecular formula is C13H20FNO. The summed E-state index contributed by atoms with van der Waals surface area (Å²) in [7, 11) is 0. The number of hydrogen-bond donors (Lipinski definition) is 1. The summed E-state index contributed by atoms with van der Waals surface area (Å²) in [5.74, 6) is 0.545. The van der Waals surface area contributed by atoms with Crippen molar-refractivity contribution in [3.05, 3.63) is 29.6 Å². The highest BCUT2D eigenvalue weighted by atomic mass is 19.1. The van der Waals surface area contributed by atoms with Crippen LogP contribution >= 0.6 is 0 Å². The van der Waals surface area contributed by atoms with Gasteiger partial charge in [-0.15, -0.1) is 0 Å². The van der Waals surface area contributed by atoms with Crippen LogP contribution < -0.4 is 10.1 Å². The van der Waals surface area contributed by atoms with Crippen LogP contribution in [0.4, 0.5) is 4.39 Å². The van der Waals surface area contributed by atoms with Crippen molar-refractivity contribution in [3.8, 4) is 5.75 Å². The van der Waals surface area contributed by atoms with Crippen LogP contribution in [0.3, 0.4) is 0 Å². The maximum Gasteiger partial charge on any atom is 0.124 e. The lowest BCUT2D eigenvalue weighted by molar-refractivity contribution is 0.331. The van der Waals surface area contributed by atoms with E-state index < -0.39 is 0 Å². The maximum absolute atomic E-state index is 13.2. The quantitative estimate of drug-likeness (QED) is 0.802. The average Bonchev–Trinajstić information content (AvgIpc) is 2.28. The minimum absolute atomic E-state index is 0.109. The highest BCUT2D eigenvalue weighted by molar-refractivity contribution is 5.36. The van der Waals surface area contributed by atoms with E-state index in [1.807, 2.05) is 13.8 Å². The van der Waals surface area contributed by atoms with E-state index in [1.165, 1.54) is 6.07 Å². The normalized spacial score (nSPS) is 12.5. The van der Waals surface area contributed by atoms with E-state index in [2.05, 4.69) is 12.2 Å². The molecular weight excluding hydrogens is 205 g/mol. The monoisotopic (exact) mass is 225 g/mol. The molecule has 0 bridgehead atoms. The summed E-state index contributed by atoms with van der Waals surface area (Å²) < 4.78 is 18.7. The van der Waals surface area contributed by atoms with Crippen LogP contribution in [-0.4, -0.2) is 13.2 Å². The van der Waals surface area contributed by atoms with Gasteiger partial charge in [0.1, 0.15) is 11.6 Å². The van der Waals surface area contributed by atoms with Crippen molar-refractivity contribution in [1.29, 1.82) is 0 Å². The van der Waals surface area contributed by atoms with Gasteiger partial charge in [0.15, 0.2) is 0 Å². The zero-order chi connectivity index (χ0) is 12.0. The summed E-state index contributed by atoms with van der Waals surface area (Å²) in [4.78, 5) is 0. The van der Waals surface area contributed by atoms with E-state index in [1.54, 1.807) is 12.1 Å². The van der Waals surface area contributed by atoms with Gasteiger partial charge in [-0.25, -0.2) is 4.39 Å². The summed E-state index contributed by atoms with van der Waals surface area (Å²) in [6.45, 7) is 7.57. The van der Waals surface area contributed by atoms with Gasteiger partial charge in [0, 0.05) is 11.6 Å². The summed E-state index contributed by atoms with van der Waals surface area (Å²) in [6, 6.07) is 4.77. The van der Waals surface area contributed by atoms with E-state index in [4.69, 9.17) is 4.74 Å². The first-order valence-corrected chi connectivity index (χ1v) is 5.84. The number of rotatable bonds is 6. The van der Waals surface area contributed by atoms with Crippen LogP contribution in [0.5, 0.6) is 5.75 Å². The fourth-order valence-electron chi connectivity index (χ4n) is 1.62. The van der Waals surface area contributed by atoms with Gasteiger partial charge in [-0.1, -0.05) is 6.92 Å². The summed E-state index contributed by atoms with van der Waals surface area (Å²) in [5, 5.41) is 3.33. The lowest BCUT2D eigenvalue weighted by Crippen LogP contribution is -2.20. The zero-order valence-corrected chi connectivity index (χ0v) is 10.2. The highest BCUT2D eigenvalue weighted by Crippen LogP contribution is 2.26. The molecule has 1 rings (SSSR count). The Morgan fingerprint density at radius 3 is 2.75 bits per heavy atom. The van der Waals surface area contributed by atoms with Crippen molar-refractivity contribution in [2.24, 2.45) is 0 Å². The Labute approximate surface area is 96.8 Å². The van der Waals surface area contributed by atoms with Gasteiger partial charge >= 0.3 is 0 Å². The minimum atomic E-state index is -0.219. The van der Waals surface area contributed by atoms with Gasteiger partial charge < -0.3 is 10.1 Å². The predicted molar refractivity (Wildman–Crippen MR) is 64.3 cm³/mol. The molecule has 0 amide bonds. The Balaban J connectivity index is 2.85. The standard InChI is InChI=1S/C13H20FNO/c1-4-8-15-10(3)12-9-11(14)6-7-13(12)16-5-2/h6-7,9-10,15H,4-5,8H2,1-3H3. The average molecular weight is 225 g/mol. The third-order valence-corrected chi connectivity index (χ3v) is 2.44. The van der Waals surface area contributed by atoms with Crippen molar-refractivity contribution < 1.29 is 9.13 Å². The molecule has 1 N–H and O–H groups in total. The fourth-order valence-corrected chi connectivity index (χ4v) is 1.62. The molecule has 16 heavy (non-hydrogen) atoms. The summed E-state index contributed by atoms with van der Waals surface area (Å²) in [5.41, 5.74) is 0.885. The molecule has 0 fully saturated rings. The molecule has 0 aromatic heterocycles. The first kappa shape index (κ1) is 13.0. The second-order valence-corrected chi connectivity index (χ2v) is 3.79. The van der Waals surface area contributed by atoms with Gasteiger partial charge in [-0.05, 0) is 45.0 Å². The molecule has 1 aromatic rings. The van der Waals surface area contributed by atoms with Crippen LogP contribution in [0.2, 0.25) is 0 Å². The van der Waals surface area contributed by atoms with Crippen LogP contribution in [0, 0.1) is 5.82 Å². The molecule has 1 aromatic carbocycles. The van der Waals surface area contributed by atoms with Crippen molar-refractivity contribution in [2.75, 3.05) is 13.2 Å². The summed E-state index contributed by atoms with van der Waals surface area (Å²) in [6.07, 6.45) is 1.06. The molecule has 2 nitrogen and oxygen atoms in total. The Bertz CT molecular complexity index is 328. The van der Waals surface area contributed by atoms with E-state index in [0.717, 1.165) is 24.3 Å². The SMILES string of the molecule is CCCNC(C)c1cc(F)ccc1OCC. The van der Waals surface area contributed by atoms with Crippen molar-refractivity contribution in [3.63, 3.8) is 0 Å². The molecule has 0 aliphatic heterocycles. The predicted octanol–water partition coefficient (Wildman–Crippen LogP) is 3.29. The molecule has 0 saturated carbocycles. The van der Waals surface area contributed by atoms with Gasteiger partial charge in [0.2, 0.25) is 0 Å². The largest absolute Gasteiger partial charge is 0.494 e. The van der Waals surface area contributed by atoms with Gasteiger partial charge in [-0.3, -0.25) is 0 Å². The van der Waals surface area contributed by atoms with Gasteiger partial charge in [0.05, 0.1) is 6.61 Å². The number of ether oxygens (including phenoxy) is 1. The van der Waals surface area contributed by atoms with Crippen LogP contribution in [0.1, 0.15) is 38.8 Å². The number of halogens is 1. The molecule has 0 aliphatic carbocycles. The molecule has 0 aliphatic rings. The molecule has 1 atom stereocenters. The third kappa shape index (κ3) is 3.49. The Morgan fingerprint density at radius 1 is 1.38 bits per heavy atom. The smallest absolute Gasteiger partial charge is 0.124 e. The molecule has 0 heterocycles. The molecule has 0 spiro atoms. The molecule has 1 unspecified atom stereocenters.